The monoisotopic (exact) mass is 411 g/mol. The van der Waals surface area contributed by atoms with Crippen molar-refractivity contribution in [1.82, 2.24) is 14.7 Å². The Morgan fingerprint density at radius 3 is 2.53 bits per heavy atom. The van der Waals surface area contributed by atoms with Crippen molar-refractivity contribution in [1.29, 1.82) is 0 Å². The van der Waals surface area contributed by atoms with E-state index in [0.29, 0.717) is 6.61 Å². The summed E-state index contributed by atoms with van der Waals surface area (Å²) in [5, 5.41) is 4.86. The Bertz CT molecular complexity index is 877. The minimum Gasteiger partial charge on any atom is -0.445 e. The molecule has 1 saturated heterocycles. The molecule has 0 N–H and O–H groups in total. The molecule has 4 rings (SSSR count). The second kappa shape index (κ2) is 8.06. The SMILES string of the molecule is COC1CC2(CCN(C(=O)OCc3ccccc3)CC2)Cc2cn(C(C)(C)C)nc21. The van der Waals surface area contributed by atoms with E-state index in [1.165, 1.54) is 5.56 Å². The summed E-state index contributed by atoms with van der Waals surface area (Å²) in [6, 6.07) is 9.82. The largest absolute Gasteiger partial charge is 0.445 e. The van der Waals surface area contributed by atoms with Gasteiger partial charge in [-0.1, -0.05) is 30.3 Å². The molecule has 2 aliphatic rings. The number of nitrogens with zero attached hydrogens (tertiary/aromatic N) is 3. The highest BCUT2D eigenvalue weighted by molar-refractivity contribution is 5.67. The molecule has 1 amide bonds. The van der Waals surface area contributed by atoms with Crippen molar-refractivity contribution in [2.45, 2.75) is 64.7 Å². The van der Waals surface area contributed by atoms with Gasteiger partial charge in [0, 0.05) is 26.4 Å². The number of likely N-dealkylation sites (tertiary alicyclic amines) is 1. The van der Waals surface area contributed by atoms with Crippen molar-refractivity contribution in [3.05, 3.63) is 53.3 Å². The Morgan fingerprint density at radius 1 is 1.20 bits per heavy atom. The number of aromatic nitrogens is 2. The van der Waals surface area contributed by atoms with E-state index in [1.54, 1.807) is 7.11 Å². The van der Waals surface area contributed by atoms with Gasteiger partial charge in [-0.05, 0) is 63.0 Å². The maximum Gasteiger partial charge on any atom is 0.410 e. The Balaban J connectivity index is 1.40. The molecule has 30 heavy (non-hydrogen) atoms. The number of hydrogen-bond acceptors (Lipinski definition) is 4. The molecule has 0 bridgehead atoms. The summed E-state index contributed by atoms with van der Waals surface area (Å²) < 4.78 is 13.5. The van der Waals surface area contributed by atoms with Crippen LogP contribution >= 0.6 is 0 Å². The van der Waals surface area contributed by atoms with E-state index < -0.39 is 0 Å². The lowest BCUT2D eigenvalue weighted by molar-refractivity contribution is 0.000792. The second-order valence-corrected chi connectivity index (χ2v) is 9.79. The van der Waals surface area contributed by atoms with Gasteiger partial charge in [0.1, 0.15) is 12.7 Å². The topological polar surface area (TPSA) is 56.6 Å². The van der Waals surface area contributed by atoms with Gasteiger partial charge in [0.2, 0.25) is 0 Å². The Morgan fingerprint density at radius 2 is 1.90 bits per heavy atom. The van der Waals surface area contributed by atoms with Crippen LogP contribution in [0.5, 0.6) is 0 Å². The van der Waals surface area contributed by atoms with Crippen LogP contribution < -0.4 is 0 Å². The van der Waals surface area contributed by atoms with Crippen LogP contribution in [0.4, 0.5) is 4.79 Å². The van der Waals surface area contributed by atoms with E-state index in [-0.39, 0.29) is 23.2 Å². The fourth-order valence-electron chi connectivity index (χ4n) is 4.69. The van der Waals surface area contributed by atoms with Gasteiger partial charge in [-0.2, -0.15) is 5.10 Å². The highest BCUT2D eigenvalue weighted by Crippen LogP contribution is 2.48. The molecule has 1 aromatic carbocycles. The summed E-state index contributed by atoms with van der Waals surface area (Å²) in [5.74, 6) is 0. The molecule has 1 aliphatic carbocycles. The molecule has 1 unspecified atom stereocenters. The summed E-state index contributed by atoms with van der Waals surface area (Å²) in [6.45, 7) is 8.29. The number of methoxy groups -OCH3 is 1. The van der Waals surface area contributed by atoms with Gasteiger partial charge in [0.25, 0.3) is 0 Å². The van der Waals surface area contributed by atoms with Gasteiger partial charge in [0.05, 0.1) is 11.2 Å². The summed E-state index contributed by atoms with van der Waals surface area (Å²) in [4.78, 5) is 14.4. The van der Waals surface area contributed by atoms with E-state index in [2.05, 4.69) is 31.6 Å². The molecule has 1 fully saturated rings. The zero-order valence-corrected chi connectivity index (χ0v) is 18.6. The van der Waals surface area contributed by atoms with E-state index in [4.69, 9.17) is 14.6 Å². The van der Waals surface area contributed by atoms with Crippen molar-refractivity contribution < 1.29 is 14.3 Å². The van der Waals surface area contributed by atoms with Crippen LogP contribution in [0.1, 0.15) is 63.0 Å². The standard InChI is InChI=1S/C24H33N3O3/c1-23(2,3)27-16-19-14-24(15-20(29-4)21(19)25-27)10-12-26(13-11-24)22(28)30-17-18-8-6-5-7-9-18/h5-9,16,20H,10-15,17H2,1-4H3. The van der Waals surface area contributed by atoms with Crippen LogP contribution in [0.15, 0.2) is 36.5 Å². The number of fused-ring (bicyclic) bond motifs is 1. The molecule has 0 saturated carbocycles. The fraction of sp³-hybridized carbons (Fsp3) is 0.583. The minimum atomic E-state index is -0.214. The summed E-state index contributed by atoms with van der Waals surface area (Å²) >= 11 is 0. The Hall–Kier alpha value is -2.34. The predicted molar refractivity (Wildman–Crippen MR) is 115 cm³/mol. The van der Waals surface area contributed by atoms with Crippen LogP contribution in [0.25, 0.3) is 0 Å². The molecule has 6 heteroatoms. The molecular formula is C24H33N3O3. The highest BCUT2D eigenvalue weighted by Gasteiger charge is 2.44. The molecule has 2 aromatic rings. The molecule has 1 atom stereocenters. The number of rotatable bonds is 3. The van der Waals surface area contributed by atoms with Crippen LogP contribution in [0, 0.1) is 5.41 Å². The maximum atomic E-state index is 12.5. The molecule has 6 nitrogen and oxygen atoms in total. The second-order valence-electron chi connectivity index (χ2n) is 9.79. The summed E-state index contributed by atoms with van der Waals surface area (Å²) in [6.07, 6.45) is 5.90. The number of benzene rings is 1. The highest BCUT2D eigenvalue weighted by atomic mass is 16.6. The number of piperidine rings is 1. The number of ether oxygens (including phenoxy) is 2. The van der Waals surface area contributed by atoms with Crippen molar-refractivity contribution in [2.75, 3.05) is 20.2 Å². The average Bonchev–Trinajstić information content (AvgIpc) is 3.17. The van der Waals surface area contributed by atoms with Crippen molar-refractivity contribution in [2.24, 2.45) is 5.41 Å². The van der Waals surface area contributed by atoms with Crippen molar-refractivity contribution in [3.8, 4) is 0 Å². The maximum absolute atomic E-state index is 12.5. The lowest BCUT2D eigenvalue weighted by atomic mass is 9.66. The first-order chi connectivity index (χ1) is 14.3. The quantitative estimate of drug-likeness (QED) is 0.735. The van der Waals surface area contributed by atoms with E-state index in [9.17, 15) is 4.79 Å². The third-order valence-electron chi connectivity index (χ3n) is 6.57. The summed E-state index contributed by atoms with van der Waals surface area (Å²) in [7, 11) is 1.78. The predicted octanol–water partition coefficient (Wildman–Crippen LogP) is 4.69. The zero-order chi connectivity index (χ0) is 21.4. The molecular weight excluding hydrogens is 378 g/mol. The zero-order valence-electron chi connectivity index (χ0n) is 18.6. The smallest absolute Gasteiger partial charge is 0.410 e. The van der Waals surface area contributed by atoms with Gasteiger partial charge in [-0.25, -0.2) is 4.79 Å². The fourth-order valence-corrected chi connectivity index (χ4v) is 4.69. The molecule has 2 heterocycles. The van der Waals surface area contributed by atoms with Crippen molar-refractivity contribution >= 4 is 6.09 Å². The van der Waals surface area contributed by atoms with Crippen LogP contribution in [0.3, 0.4) is 0 Å². The lowest BCUT2D eigenvalue weighted by Gasteiger charge is -2.45. The van der Waals surface area contributed by atoms with Gasteiger partial charge in [-0.15, -0.1) is 0 Å². The first-order valence-corrected chi connectivity index (χ1v) is 10.9. The van der Waals surface area contributed by atoms with Crippen LogP contribution in [-0.4, -0.2) is 41.0 Å². The lowest BCUT2D eigenvalue weighted by Crippen LogP contribution is -2.46. The third kappa shape index (κ3) is 4.24. The Labute approximate surface area is 179 Å². The van der Waals surface area contributed by atoms with Gasteiger partial charge in [-0.3, -0.25) is 4.68 Å². The van der Waals surface area contributed by atoms with Crippen LogP contribution in [-0.2, 0) is 28.0 Å². The molecule has 1 aromatic heterocycles. The first-order valence-electron chi connectivity index (χ1n) is 10.9. The average molecular weight is 412 g/mol. The van der Waals surface area contributed by atoms with Gasteiger partial charge in [0.15, 0.2) is 0 Å². The third-order valence-corrected chi connectivity index (χ3v) is 6.57. The van der Waals surface area contributed by atoms with E-state index in [1.807, 2.05) is 35.2 Å². The van der Waals surface area contributed by atoms with E-state index >= 15 is 0 Å². The molecule has 162 valence electrons. The van der Waals surface area contributed by atoms with Gasteiger partial charge >= 0.3 is 6.09 Å². The van der Waals surface area contributed by atoms with Crippen LogP contribution in [0.2, 0.25) is 0 Å². The minimum absolute atomic E-state index is 0.0222. The molecule has 1 spiro atoms. The number of hydrogen-bond donors (Lipinski definition) is 0. The number of amides is 1. The van der Waals surface area contributed by atoms with Gasteiger partial charge < -0.3 is 14.4 Å². The summed E-state index contributed by atoms with van der Waals surface area (Å²) in [5.41, 5.74) is 3.51. The number of carbonyl (C=O) groups excluding carboxylic acids is 1. The normalized spacial score (nSPS) is 20.8. The Kier molecular flexibility index (Phi) is 5.62. The first kappa shape index (κ1) is 20.9. The van der Waals surface area contributed by atoms with Crippen molar-refractivity contribution in [3.63, 3.8) is 0 Å². The molecule has 1 aliphatic heterocycles. The van der Waals surface area contributed by atoms with E-state index in [0.717, 1.165) is 50.0 Å². The molecule has 0 radical (unpaired) electrons. The number of carbonyl (C=O) groups is 1.